The minimum atomic E-state index is -0.133. The van der Waals surface area contributed by atoms with E-state index in [-0.39, 0.29) is 11.8 Å². The summed E-state index contributed by atoms with van der Waals surface area (Å²) >= 11 is 0. The number of aryl methyl sites for hydroxylation is 2. The zero-order chi connectivity index (χ0) is 12.3. The molecule has 3 N–H and O–H groups in total. The molecule has 1 amide bonds. The summed E-state index contributed by atoms with van der Waals surface area (Å²) in [6, 6.07) is 6.23. The highest BCUT2D eigenvalue weighted by molar-refractivity contribution is 5.92. The SMILES string of the molecule is CC(CN)C(=O)Nc1ccc2c(c1)CCCC2. The topological polar surface area (TPSA) is 55.1 Å². The molecule has 0 bridgehead atoms. The fourth-order valence-electron chi connectivity index (χ4n) is 2.18. The Balaban J connectivity index is 2.09. The largest absolute Gasteiger partial charge is 0.330 e. The van der Waals surface area contributed by atoms with Gasteiger partial charge in [-0.25, -0.2) is 0 Å². The minimum absolute atomic E-state index is 0.00302. The maximum absolute atomic E-state index is 11.7. The summed E-state index contributed by atoms with van der Waals surface area (Å²) < 4.78 is 0. The maximum Gasteiger partial charge on any atom is 0.228 e. The van der Waals surface area contributed by atoms with Gasteiger partial charge in [0.2, 0.25) is 5.91 Å². The first-order chi connectivity index (χ1) is 8.20. The Bertz CT molecular complexity index is 415. The Morgan fingerprint density at radius 1 is 1.35 bits per heavy atom. The van der Waals surface area contributed by atoms with Crippen molar-refractivity contribution in [2.45, 2.75) is 32.6 Å². The molecule has 1 aromatic rings. The van der Waals surface area contributed by atoms with Gasteiger partial charge in [-0.15, -0.1) is 0 Å². The number of nitrogens with two attached hydrogens (primary N) is 1. The first kappa shape index (κ1) is 12.1. The molecule has 3 nitrogen and oxygen atoms in total. The lowest BCUT2D eigenvalue weighted by atomic mass is 9.91. The predicted molar refractivity (Wildman–Crippen MR) is 69.9 cm³/mol. The van der Waals surface area contributed by atoms with Gasteiger partial charge < -0.3 is 11.1 Å². The monoisotopic (exact) mass is 232 g/mol. The van der Waals surface area contributed by atoms with Crippen molar-refractivity contribution in [3.05, 3.63) is 29.3 Å². The number of rotatable bonds is 3. The Morgan fingerprint density at radius 2 is 2.06 bits per heavy atom. The van der Waals surface area contributed by atoms with E-state index in [9.17, 15) is 4.79 Å². The molecule has 3 heteroatoms. The van der Waals surface area contributed by atoms with Gasteiger partial charge in [0, 0.05) is 18.2 Å². The average molecular weight is 232 g/mol. The van der Waals surface area contributed by atoms with Gasteiger partial charge >= 0.3 is 0 Å². The van der Waals surface area contributed by atoms with Crippen LogP contribution in [0.3, 0.4) is 0 Å². The van der Waals surface area contributed by atoms with E-state index in [1.807, 2.05) is 13.0 Å². The molecule has 2 rings (SSSR count). The van der Waals surface area contributed by atoms with Crippen molar-refractivity contribution in [3.63, 3.8) is 0 Å². The third-order valence-corrected chi connectivity index (χ3v) is 3.42. The second kappa shape index (κ2) is 5.32. The average Bonchev–Trinajstić information content (AvgIpc) is 2.37. The van der Waals surface area contributed by atoms with Crippen LogP contribution >= 0.6 is 0 Å². The lowest BCUT2D eigenvalue weighted by Gasteiger charge is -2.17. The molecule has 17 heavy (non-hydrogen) atoms. The second-order valence-electron chi connectivity index (χ2n) is 4.82. The highest BCUT2D eigenvalue weighted by Gasteiger charge is 2.13. The molecule has 0 fully saturated rings. The zero-order valence-electron chi connectivity index (χ0n) is 10.3. The van der Waals surface area contributed by atoms with Crippen LogP contribution in [0.1, 0.15) is 30.9 Å². The lowest BCUT2D eigenvalue weighted by Crippen LogP contribution is -2.26. The number of carbonyl (C=O) groups is 1. The predicted octanol–water partition coefficient (Wildman–Crippen LogP) is 2.10. The third kappa shape index (κ3) is 2.86. The van der Waals surface area contributed by atoms with Crippen LogP contribution in [-0.4, -0.2) is 12.5 Å². The van der Waals surface area contributed by atoms with Crippen molar-refractivity contribution >= 4 is 11.6 Å². The van der Waals surface area contributed by atoms with E-state index in [0.717, 1.165) is 12.1 Å². The van der Waals surface area contributed by atoms with Gasteiger partial charge in [0.05, 0.1) is 0 Å². The summed E-state index contributed by atoms with van der Waals surface area (Å²) in [5.41, 5.74) is 9.19. The van der Waals surface area contributed by atoms with Crippen LogP contribution in [0.2, 0.25) is 0 Å². The van der Waals surface area contributed by atoms with Gasteiger partial charge in [-0.1, -0.05) is 13.0 Å². The van der Waals surface area contributed by atoms with Crippen molar-refractivity contribution in [2.24, 2.45) is 11.7 Å². The van der Waals surface area contributed by atoms with Crippen molar-refractivity contribution in [2.75, 3.05) is 11.9 Å². The molecule has 0 saturated carbocycles. The van der Waals surface area contributed by atoms with Gasteiger partial charge in [0.25, 0.3) is 0 Å². The fourth-order valence-corrected chi connectivity index (χ4v) is 2.18. The summed E-state index contributed by atoms with van der Waals surface area (Å²) in [5.74, 6) is -0.130. The maximum atomic E-state index is 11.7. The Kier molecular flexibility index (Phi) is 3.79. The van der Waals surface area contributed by atoms with Crippen molar-refractivity contribution in [1.29, 1.82) is 0 Å². The summed E-state index contributed by atoms with van der Waals surface area (Å²) in [6.07, 6.45) is 4.83. The molecule has 0 spiro atoms. The molecule has 1 atom stereocenters. The van der Waals surface area contributed by atoms with E-state index in [0.29, 0.717) is 6.54 Å². The number of amides is 1. The molecule has 0 aromatic heterocycles. The number of nitrogens with one attached hydrogen (secondary N) is 1. The van der Waals surface area contributed by atoms with Crippen molar-refractivity contribution in [1.82, 2.24) is 0 Å². The number of anilines is 1. The molecule has 1 aliphatic carbocycles. The molecule has 1 aromatic carbocycles. The minimum Gasteiger partial charge on any atom is -0.330 e. The summed E-state index contributed by atoms with van der Waals surface area (Å²) in [6.45, 7) is 2.23. The molecular formula is C14H20N2O. The Labute approximate surface area is 102 Å². The smallest absolute Gasteiger partial charge is 0.228 e. The molecule has 0 heterocycles. The molecule has 92 valence electrons. The summed E-state index contributed by atoms with van der Waals surface area (Å²) in [7, 11) is 0. The molecule has 0 aliphatic heterocycles. The van der Waals surface area contributed by atoms with Crippen LogP contribution in [0.5, 0.6) is 0 Å². The summed E-state index contributed by atoms with van der Waals surface area (Å²) in [4.78, 5) is 11.7. The number of fused-ring (bicyclic) bond motifs is 1. The van der Waals surface area contributed by atoms with Gasteiger partial charge in [-0.2, -0.15) is 0 Å². The Morgan fingerprint density at radius 3 is 2.76 bits per heavy atom. The van der Waals surface area contributed by atoms with E-state index >= 15 is 0 Å². The number of hydrogen-bond acceptors (Lipinski definition) is 2. The number of carbonyl (C=O) groups excluding carboxylic acids is 1. The van der Waals surface area contributed by atoms with Crippen LogP contribution in [0.15, 0.2) is 18.2 Å². The van der Waals surface area contributed by atoms with E-state index in [4.69, 9.17) is 5.73 Å². The van der Waals surface area contributed by atoms with Gasteiger partial charge in [0.15, 0.2) is 0 Å². The molecule has 0 radical (unpaired) electrons. The zero-order valence-corrected chi connectivity index (χ0v) is 10.3. The summed E-state index contributed by atoms with van der Waals surface area (Å²) in [5, 5.41) is 2.92. The lowest BCUT2D eigenvalue weighted by molar-refractivity contribution is -0.119. The van der Waals surface area contributed by atoms with E-state index in [2.05, 4.69) is 17.4 Å². The number of hydrogen-bond donors (Lipinski definition) is 2. The van der Waals surface area contributed by atoms with E-state index in [1.165, 1.54) is 30.4 Å². The standard InChI is InChI=1S/C14H20N2O/c1-10(9-15)14(17)16-13-7-6-11-4-2-3-5-12(11)8-13/h6-8,10H,2-5,9,15H2,1H3,(H,16,17). The van der Waals surface area contributed by atoms with Crippen LogP contribution in [0, 0.1) is 5.92 Å². The number of benzene rings is 1. The third-order valence-electron chi connectivity index (χ3n) is 3.42. The van der Waals surface area contributed by atoms with Crippen LogP contribution in [-0.2, 0) is 17.6 Å². The highest BCUT2D eigenvalue weighted by atomic mass is 16.1. The normalized spacial score (nSPS) is 16.1. The van der Waals surface area contributed by atoms with E-state index in [1.54, 1.807) is 0 Å². The van der Waals surface area contributed by atoms with Crippen molar-refractivity contribution < 1.29 is 4.79 Å². The van der Waals surface area contributed by atoms with Crippen LogP contribution < -0.4 is 11.1 Å². The van der Waals surface area contributed by atoms with E-state index < -0.39 is 0 Å². The van der Waals surface area contributed by atoms with Gasteiger partial charge in [-0.3, -0.25) is 4.79 Å². The molecular weight excluding hydrogens is 212 g/mol. The molecule has 0 saturated heterocycles. The van der Waals surface area contributed by atoms with Crippen LogP contribution in [0.4, 0.5) is 5.69 Å². The van der Waals surface area contributed by atoms with Crippen LogP contribution in [0.25, 0.3) is 0 Å². The van der Waals surface area contributed by atoms with Gasteiger partial charge in [0.1, 0.15) is 0 Å². The Hall–Kier alpha value is -1.35. The first-order valence-corrected chi connectivity index (χ1v) is 6.33. The second-order valence-corrected chi connectivity index (χ2v) is 4.82. The fraction of sp³-hybridized carbons (Fsp3) is 0.500. The quantitative estimate of drug-likeness (QED) is 0.838. The van der Waals surface area contributed by atoms with Crippen molar-refractivity contribution in [3.8, 4) is 0 Å². The molecule has 1 aliphatic rings. The van der Waals surface area contributed by atoms with Gasteiger partial charge in [-0.05, 0) is 48.9 Å². The first-order valence-electron chi connectivity index (χ1n) is 6.33. The molecule has 1 unspecified atom stereocenters. The highest BCUT2D eigenvalue weighted by Crippen LogP contribution is 2.24.